The Labute approximate surface area is 196 Å². The topological polar surface area (TPSA) is 33.0 Å². The van der Waals surface area contributed by atoms with Crippen LogP contribution in [0.1, 0.15) is 12.5 Å². The number of ether oxygens (including phenoxy) is 1. The van der Waals surface area contributed by atoms with E-state index in [2.05, 4.69) is 84.7 Å². The summed E-state index contributed by atoms with van der Waals surface area (Å²) in [4.78, 5) is 0. The van der Waals surface area contributed by atoms with E-state index in [-0.39, 0.29) is 0 Å². The van der Waals surface area contributed by atoms with Crippen LogP contribution in [-0.4, -0.2) is 12.4 Å². The first-order valence-electron chi connectivity index (χ1n) is 11.0. The number of nitriles is 1. The zero-order valence-electron chi connectivity index (χ0n) is 18.6. The number of hydrogen-bond donors (Lipinski definition) is 0. The zero-order chi connectivity index (χ0) is 22.9. The first-order chi connectivity index (χ1) is 16.3. The van der Waals surface area contributed by atoms with Gasteiger partial charge in [0, 0.05) is 0 Å². The Hall–Kier alpha value is -3.79. The van der Waals surface area contributed by atoms with Gasteiger partial charge in [-0.05, 0) is 41.1 Å². The Morgan fingerprint density at radius 2 is 1.09 bits per heavy atom. The van der Waals surface area contributed by atoms with Crippen LogP contribution in [-0.2, 0) is 4.74 Å². The van der Waals surface area contributed by atoms with Crippen molar-refractivity contribution in [2.24, 2.45) is 0 Å². The van der Waals surface area contributed by atoms with Crippen LogP contribution in [0.25, 0.3) is 5.57 Å². The smallest absolute Gasteiger partial charge is 0.138 e. The predicted molar refractivity (Wildman–Crippen MR) is 142 cm³/mol. The van der Waals surface area contributed by atoms with Crippen molar-refractivity contribution in [1.29, 1.82) is 5.26 Å². The van der Waals surface area contributed by atoms with Gasteiger partial charge in [-0.15, -0.1) is 0 Å². The molecule has 0 saturated heterocycles. The van der Waals surface area contributed by atoms with Crippen molar-refractivity contribution in [3.05, 3.63) is 133 Å². The Balaban J connectivity index is 2.16. The van der Waals surface area contributed by atoms with E-state index in [1.54, 1.807) is 0 Å². The van der Waals surface area contributed by atoms with Crippen LogP contribution in [0.2, 0.25) is 0 Å². The molecule has 0 N–H and O–H groups in total. The highest BCUT2D eigenvalue weighted by Crippen LogP contribution is 2.45. The molecule has 4 rings (SSSR count). The second-order valence-corrected chi connectivity index (χ2v) is 10.8. The summed E-state index contributed by atoms with van der Waals surface area (Å²) in [7, 11) is 0. The Morgan fingerprint density at radius 3 is 1.45 bits per heavy atom. The van der Waals surface area contributed by atoms with Gasteiger partial charge in [0.1, 0.15) is 17.4 Å². The molecular formula is C30H26NOP. The number of allylic oxidation sites excluding steroid dienone is 2. The first kappa shape index (κ1) is 22.4. The normalized spacial score (nSPS) is 11.8. The standard InChI is InChI=1S/C30H26NOP/c1-2-32-30(29(23-31)25-15-7-3-8-16-25)24-33(26-17-9-4-10-18-26,27-19-11-5-12-20-27)28-21-13-6-14-22-28/h3-22,24H,2H2,1H3/b30-29-. The fourth-order valence-electron chi connectivity index (χ4n) is 4.03. The SMILES string of the molecule is CCO/C(C=P(c1ccccc1)(c1ccccc1)c1ccccc1)=C(/C#N)c1ccccc1. The lowest BCUT2D eigenvalue weighted by molar-refractivity contribution is 0.254. The molecule has 2 nitrogen and oxygen atoms in total. The minimum Gasteiger partial charge on any atom is -0.492 e. The molecule has 4 aromatic rings. The van der Waals surface area contributed by atoms with Crippen molar-refractivity contribution in [3.8, 4) is 6.07 Å². The monoisotopic (exact) mass is 447 g/mol. The first-order valence-corrected chi connectivity index (χ1v) is 12.9. The lowest BCUT2D eigenvalue weighted by Crippen LogP contribution is -2.27. The Bertz CT molecular complexity index is 1200. The minimum atomic E-state index is -2.29. The largest absolute Gasteiger partial charge is 0.492 e. The Morgan fingerprint density at radius 1 is 0.697 bits per heavy atom. The molecule has 162 valence electrons. The van der Waals surface area contributed by atoms with Crippen LogP contribution < -0.4 is 15.9 Å². The van der Waals surface area contributed by atoms with Gasteiger partial charge in [-0.1, -0.05) is 121 Å². The molecule has 0 unspecified atom stereocenters. The minimum absolute atomic E-state index is 0.474. The molecule has 0 atom stereocenters. The number of nitrogens with zero attached hydrogens (tertiary/aromatic N) is 1. The summed E-state index contributed by atoms with van der Waals surface area (Å²) in [5, 5.41) is 13.8. The highest BCUT2D eigenvalue weighted by atomic mass is 31.2. The van der Waals surface area contributed by atoms with Gasteiger partial charge in [0.25, 0.3) is 0 Å². The van der Waals surface area contributed by atoms with Gasteiger partial charge in [-0.3, -0.25) is 0 Å². The van der Waals surface area contributed by atoms with Gasteiger partial charge < -0.3 is 4.74 Å². The van der Waals surface area contributed by atoms with Crippen molar-refractivity contribution in [3.63, 3.8) is 0 Å². The van der Waals surface area contributed by atoms with Crippen molar-refractivity contribution in [1.82, 2.24) is 0 Å². The highest BCUT2D eigenvalue weighted by molar-refractivity contribution is 7.94. The third-order valence-corrected chi connectivity index (χ3v) is 9.48. The fraction of sp³-hybridized carbons (Fsp3) is 0.0667. The average molecular weight is 448 g/mol. The predicted octanol–water partition coefficient (Wildman–Crippen LogP) is 5.75. The lowest BCUT2D eigenvalue weighted by atomic mass is 10.1. The van der Waals surface area contributed by atoms with Crippen molar-refractivity contribution in [2.45, 2.75) is 6.92 Å². The van der Waals surface area contributed by atoms with Gasteiger partial charge in [0.2, 0.25) is 0 Å². The van der Waals surface area contributed by atoms with Crippen LogP contribution in [0, 0.1) is 11.3 Å². The summed E-state index contributed by atoms with van der Waals surface area (Å²) in [6.45, 7) is 0.149. The van der Waals surface area contributed by atoms with E-state index < -0.39 is 6.89 Å². The zero-order valence-corrected chi connectivity index (χ0v) is 19.5. The number of hydrogen-bond acceptors (Lipinski definition) is 2. The molecule has 0 radical (unpaired) electrons. The van der Waals surface area contributed by atoms with Gasteiger partial charge in [-0.2, -0.15) is 5.26 Å². The van der Waals surface area contributed by atoms with Crippen molar-refractivity contribution in [2.75, 3.05) is 6.61 Å². The molecule has 0 bridgehead atoms. The van der Waals surface area contributed by atoms with E-state index in [1.165, 1.54) is 15.9 Å². The van der Waals surface area contributed by atoms with Crippen LogP contribution in [0.5, 0.6) is 0 Å². The molecule has 0 aromatic heterocycles. The molecule has 0 aliphatic rings. The molecule has 3 heteroatoms. The van der Waals surface area contributed by atoms with E-state index in [9.17, 15) is 5.26 Å². The fourth-order valence-corrected chi connectivity index (χ4v) is 7.86. The van der Waals surface area contributed by atoms with Crippen LogP contribution in [0.15, 0.2) is 127 Å². The number of benzene rings is 4. The summed E-state index contributed by atoms with van der Waals surface area (Å²) < 4.78 is 6.20. The highest BCUT2D eigenvalue weighted by Gasteiger charge is 2.26. The lowest BCUT2D eigenvalue weighted by Gasteiger charge is -2.29. The maximum absolute atomic E-state index is 10.2. The molecular weight excluding hydrogens is 421 g/mol. The molecule has 4 aromatic carbocycles. The summed E-state index contributed by atoms with van der Waals surface area (Å²) >= 11 is 0. The molecule has 0 amide bonds. The van der Waals surface area contributed by atoms with E-state index in [0.29, 0.717) is 17.9 Å². The molecule has 0 spiro atoms. The van der Waals surface area contributed by atoms with Gasteiger partial charge in [0.15, 0.2) is 0 Å². The maximum atomic E-state index is 10.2. The second-order valence-electron chi connectivity index (χ2n) is 7.51. The quantitative estimate of drug-likeness (QED) is 0.205. The third kappa shape index (κ3) is 4.70. The van der Waals surface area contributed by atoms with Crippen molar-refractivity contribution >= 4 is 34.2 Å². The molecule has 0 saturated carbocycles. The van der Waals surface area contributed by atoms with Crippen LogP contribution in [0.4, 0.5) is 0 Å². The molecule has 0 aliphatic carbocycles. The van der Waals surface area contributed by atoms with Gasteiger partial charge >= 0.3 is 0 Å². The van der Waals surface area contributed by atoms with E-state index in [1.807, 2.05) is 55.5 Å². The van der Waals surface area contributed by atoms with E-state index >= 15 is 0 Å². The Kier molecular flexibility index (Phi) is 7.26. The molecule has 0 heterocycles. The van der Waals surface area contributed by atoms with Crippen LogP contribution in [0.3, 0.4) is 0 Å². The van der Waals surface area contributed by atoms with Crippen LogP contribution >= 0.6 is 6.89 Å². The second kappa shape index (κ2) is 10.7. The summed E-state index contributed by atoms with van der Waals surface area (Å²) in [5.41, 5.74) is 1.40. The molecule has 0 fully saturated rings. The van der Waals surface area contributed by atoms with Crippen molar-refractivity contribution < 1.29 is 4.74 Å². The molecule has 33 heavy (non-hydrogen) atoms. The average Bonchev–Trinajstić information content (AvgIpc) is 2.90. The number of rotatable bonds is 7. The summed E-state index contributed by atoms with van der Waals surface area (Å²) in [6.07, 6.45) is 0. The third-order valence-electron chi connectivity index (χ3n) is 5.52. The summed E-state index contributed by atoms with van der Waals surface area (Å²) in [5.74, 6) is 2.85. The van der Waals surface area contributed by atoms with E-state index in [4.69, 9.17) is 4.74 Å². The summed E-state index contributed by atoms with van der Waals surface area (Å²) in [6, 6.07) is 43.9. The maximum Gasteiger partial charge on any atom is 0.138 e. The van der Waals surface area contributed by atoms with E-state index in [0.717, 1.165) is 5.56 Å². The van der Waals surface area contributed by atoms with Gasteiger partial charge in [-0.25, -0.2) is 0 Å². The van der Waals surface area contributed by atoms with Gasteiger partial charge in [0.05, 0.1) is 6.61 Å². The molecule has 0 aliphatic heterocycles.